The quantitative estimate of drug-likeness (QED) is 0.402. The summed E-state index contributed by atoms with van der Waals surface area (Å²) in [4.78, 5) is 26.2. The highest BCUT2D eigenvalue weighted by molar-refractivity contribution is 5.99. The predicted molar refractivity (Wildman–Crippen MR) is 140 cm³/mol. The van der Waals surface area contributed by atoms with Gasteiger partial charge in [0.15, 0.2) is 6.10 Å². The van der Waals surface area contributed by atoms with Crippen LogP contribution in [0.3, 0.4) is 0 Å². The van der Waals surface area contributed by atoms with Crippen LogP contribution >= 0.6 is 0 Å². The van der Waals surface area contributed by atoms with Gasteiger partial charge in [-0.25, -0.2) is 4.79 Å². The van der Waals surface area contributed by atoms with Crippen molar-refractivity contribution in [1.82, 2.24) is 9.13 Å². The summed E-state index contributed by atoms with van der Waals surface area (Å²) >= 11 is 0. The highest BCUT2D eigenvalue weighted by atomic mass is 16.5. The molecular weight excluding hydrogens is 472 g/mol. The van der Waals surface area contributed by atoms with Crippen LogP contribution in [0.2, 0.25) is 0 Å². The summed E-state index contributed by atoms with van der Waals surface area (Å²) < 4.78 is 19.2. The molecule has 1 aliphatic rings. The van der Waals surface area contributed by atoms with Crippen molar-refractivity contribution in [2.75, 3.05) is 20.8 Å². The van der Waals surface area contributed by atoms with Gasteiger partial charge in [-0.3, -0.25) is 4.79 Å². The molecule has 4 aromatic rings. The first kappa shape index (κ1) is 24.6. The zero-order valence-electron chi connectivity index (χ0n) is 21.4. The summed E-state index contributed by atoms with van der Waals surface area (Å²) in [7, 11) is 4.41. The molecule has 5 rings (SSSR count). The van der Waals surface area contributed by atoms with Gasteiger partial charge in [0.25, 0.3) is 5.56 Å². The molecule has 8 nitrogen and oxygen atoms in total. The monoisotopic (exact) mass is 502 g/mol. The Labute approximate surface area is 214 Å². The zero-order chi connectivity index (χ0) is 26.3. The molecule has 0 fully saturated rings. The molecule has 37 heavy (non-hydrogen) atoms. The van der Waals surface area contributed by atoms with E-state index in [9.17, 15) is 14.7 Å². The molecule has 0 saturated carbocycles. The fourth-order valence-corrected chi connectivity index (χ4v) is 5.25. The first-order valence-electron chi connectivity index (χ1n) is 12.2. The minimum Gasteiger partial charge on any atom is -0.497 e. The topological polar surface area (TPSA) is 91.9 Å². The van der Waals surface area contributed by atoms with E-state index in [-0.39, 0.29) is 11.3 Å². The van der Waals surface area contributed by atoms with Gasteiger partial charge in [-0.15, -0.1) is 0 Å². The SMILES string of the molecule is COC(=O)C(O)c1c(-c2ccc3c(c2C)CCCO3)c2ccn(Cc3ccc(OC)cc3)c2c(=O)n1C. The molecule has 8 heteroatoms. The normalized spacial score (nSPS) is 13.6. The molecule has 1 unspecified atom stereocenters. The number of esters is 1. The number of hydrogen-bond donors (Lipinski definition) is 1. The number of hydrogen-bond acceptors (Lipinski definition) is 6. The molecule has 0 aliphatic carbocycles. The van der Waals surface area contributed by atoms with Crippen LogP contribution in [-0.4, -0.2) is 41.0 Å². The fraction of sp³-hybridized carbons (Fsp3) is 0.310. The van der Waals surface area contributed by atoms with Crippen LogP contribution in [0.1, 0.15) is 34.9 Å². The van der Waals surface area contributed by atoms with E-state index in [4.69, 9.17) is 14.2 Å². The van der Waals surface area contributed by atoms with Gasteiger partial charge in [-0.05, 0) is 66.3 Å². The standard InChI is InChI=1S/C29H30N2O6/c1-17-20-6-5-15-37-23(20)12-11-21(17)24-22-13-14-31(16-18-7-9-19(35-3)10-8-18)25(22)28(33)30(2)26(24)27(32)29(34)36-4/h7-14,27,32H,5-6,15-16H2,1-4H3. The molecule has 0 radical (unpaired) electrons. The number of carbonyl (C=O) groups is 1. The van der Waals surface area contributed by atoms with E-state index in [0.29, 0.717) is 29.6 Å². The van der Waals surface area contributed by atoms with Gasteiger partial charge in [0.2, 0.25) is 0 Å². The molecule has 1 aliphatic heterocycles. The molecule has 0 spiro atoms. The molecule has 1 atom stereocenters. The fourth-order valence-electron chi connectivity index (χ4n) is 5.25. The van der Waals surface area contributed by atoms with Gasteiger partial charge in [-0.2, -0.15) is 0 Å². The second-order valence-electron chi connectivity index (χ2n) is 9.27. The van der Waals surface area contributed by atoms with Gasteiger partial charge < -0.3 is 28.5 Å². The van der Waals surface area contributed by atoms with Gasteiger partial charge in [0, 0.05) is 30.7 Å². The smallest absolute Gasteiger partial charge is 0.340 e. The Balaban J connectivity index is 1.77. The van der Waals surface area contributed by atoms with Crippen molar-refractivity contribution < 1.29 is 24.1 Å². The summed E-state index contributed by atoms with van der Waals surface area (Å²) in [5.41, 5.74) is 4.95. The van der Waals surface area contributed by atoms with Crippen LogP contribution in [-0.2, 0) is 29.5 Å². The molecule has 192 valence electrons. The second-order valence-corrected chi connectivity index (χ2v) is 9.27. The summed E-state index contributed by atoms with van der Waals surface area (Å²) in [6.45, 7) is 3.16. The van der Waals surface area contributed by atoms with Crippen LogP contribution in [0.5, 0.6) is 11.5 Å². The van der Waals surface area contributed by atoms with Crippen molar-refractivity contribution in [1.29, 1.82) is 0 Å². The van der Waals surface area contributed by atoms with Gasteiger partial charge >= 0.3 is 5.97 Å². The number of rotatable bonds is 6. The third kappa shape index (κ3) is 4.17. The molecule has 0 bridgehead atoms. The Morgan fingerprint density at radius 2 is 1.89 bits per heavy atom. The van der Waals surface area contributed by atoms with Crippen molar-refractivity contribution in [3.05, 3.63) is 81.4 Å². The van der Waals surface area contributed by atoms with E-state index in [2.05, 4.69) is 0 Å². The van der Waals surface area contributed by atoms with Crippen LogP contribution in [0, 0.1) is 6.92 Å². The van der Waals surface area contributed by atoms with Crippen molar-refractivity contribution in [3.8, 4) is 22.6 Å². The molecule has 0 saturated heterocycles. The van der Waals surface area contributed by atoms with Gasteiger partial charge in [0.05, 0.1) is 26.5 Å². The zero-order valence-corrected chi connectivity index (χ0v) is 21.4. The second kappa shape index (κ2) is 9.78. The van der Waals surface area contributed by atoms with E-state index >= 15 is 0 Å². The van der Waals surface area contributed by atoms with Crippen LogP contribution in [0.4, 0.5) is 0 Å². The lowest BCUT2D eigenvalue weighted by molar-refractivity contribution is -0.151. The van der Waals surface area contributed by atoms with Crippen molar-refractivity contribution in [2.24, 2.45) is 7.05 Å². The molecule has 2 aromatic carbocycles. The van der Waals surface area contributed by atoms with E-state index in [1.165, 1.54) is 11.7 Å². The summed E-state index contributed by atoms with van der Waals surface area (Å²) in [6.07, 6.45) is 2.02. The van der Waals surface area contributed by atoms with Gasteiger partial charge in [0.1, 0.15) is 17.0 Å². The van der Waals surface area contributed by atoms with Crippen molar-refractivity contribution >= 4 is 16.9 Å². The number of benzene rings is 2. The summed E-state index contributed by atoms with van der Waals surface area (Å²) in [5.74, 6) is 0.778. The third-order valence-corrected chi connectivity index (χ3v) is 7.21. The first-order valence-corrected chi connectivity index (χ1v) is 12.2. The Bertz CT molecular complexity index is 1550. The Morgan fingerprint density at radius 1 is 1.14 bits per heavy atom. The number of nitrogens with zero attached hydrogens (tertiary/aromatic N) is 2. The Morgan fingerprint density at radius 3 is 2.59 bits per heavy atom. The van der Waals surface area contributed by atoms with Crippen molar-refractivity contribution in [2.45, 2.75) is 32.4 Å². The predicted octanol–water partition coefficient (Wildman–Crippen LogP) is 3.90. The number of aliphatic hydroxyl groups excluding tert-OH is 1. The Kier molecular flexibility index (Phi) is 6.52. The summed E-state index contributed by atoms with van der Waals surface area (Å²) in [6, 6.07) is 13.4. The van der Waals surface area contributed by atoms with E-state index in [0.717, 1.165) is 46.6 Å². The summed E-state index contributed by atoms with van der Waals surface area (Å²) in [5, 5.41) is 11.7. The maximum Gasteiger partial charge on any atom is 0.340 e. The number of aromatic nitrogens is 2. The highest BCUT2D eigenvalue weighted by Crippen LogP contribution is 2.40. The minimum absolute atomic E-state index is 0.200. The average molecular weight is 503 g/mol. The minimum atomic E-state index is -1.63. The number of ether oxygens (including phenoxy) is 3. The number of carbonyl (C=O) groups excluding carboxylic acids is 1. The number of aliphatic hydroxyl groups is 1. The number of pyridine rings is 1. The largest absolute Gasteiger partial charge is 0.497 e. The first-order chi connectivity index (χ1) is 17.8. The molecule has 1 N–H and O–H groups in total. The third-order valence-electron chi connectivity index (χ3n) is 7.21. The van der Waals surface area contributed by atoms with E-state index < -0.39 is 12.1 Å². The molecule has 2 aromatic heterocycles. The van der Waals surface area contributed by atoms with Crippen LogP contribution in [0.15, 0.2) is 53.5 Å². The Hall–Kier alpha value is -4.04. The lowest BCUT2D eigenvalue weighted by Crippen LogP contribution is -2.28. The lowest BCUT2D eigenvalue weighted by Gasteiger charge is -2.24. The van der Waals surface area contributed by atoms with Crippen LogP contribution < -0.4 is 15.0 Å². The van der Waals surface area contributed by atoms with Gasteiger partial charge in [-0.1, -0.05) is 18.2 Å². The number of methoxy groups -OCH3 is 2. The maximum absolute atomic E-state index is 13.7. The lowest BCUT2D eigenvalue weighted by atomic mass is 9.89. The van der Waals surface area contributed by atoms with Crippen LogP contribution in [0.25, 0.3) is 22.0 Å². The molecule has 3 heterocycles. The average Bonchev–Trinajstić information content (AvgIpc) is 3.34. The van der Waals surface area contributed by atoms with Crippen molar-refractivity contribution in [3.63, 3.8) is 0 Å². The maximum atomic E-state index is 13.7. The van der Waals surface area contributed by atoms with E-state index in [1.54, 1.807) is 14.2 Å². The number of fused-ring (bicyclic) bond motifs is 2. The van der Waals surface area contributed by atoms with E-state index in [1.807, 2.05) is 60.2 Å². The molecular formula is C29H30N2O6. The highest BCUT2D eigenvalue weighted by Gasteiger charge is 2.30. The molecule has 0 amide bonds.